The Kier molecular flexibility index (Phi) is 12.9. The van der Waals surface area contributed by atoms with Gasteiger partial charge in [-0.25, -0.2) is 8.42 Å². The first-order valence-electron chi connectivity index (χ1n) is 21.0. The highest BCUT2D eigenvalue weighted by Crippen LogP contribution is 2.41. The van der Waals surface area contributed by atoms with Crippen molar-refractivity contribution >= 4 is 21.8 Å². The molecule has 0 unspecified atom stereocenters. The second-order valence-corrected chi connectivity index (χ2v) is 22.8. The van der Waals surface area contributed by atoms with Gasteiger partial charge in [-0.2, -0.15) is 0 Å². The summed E-state index contributed by atoms with van der Waals surface area (Å²) in [6, 6.07) is 17.7. The van der Waals surface area contributed by atoms with Crippen LogP contribution in [0.2, 0.25) is 0 Å². The molecule has 1 aliphatic rings. The number of ether oxygens (including phenoxy) is 2. The van der Waals surface area contributed by atoms with Crippen molar-refractivity contribution in [3.63, 3.8) is 0 Å². The van der Waals surface area contributed by atoms with Crippen LogP contribution in [-0.4, -0.2) is 40.7 Å². The molecule has 3 N–H and O–H groups in total. The number of primary amides is 1. The largest absolute Gasteiger partial charge is 0.496 e. The van der Waals surface area contributed by atoms with Gasteiger partial charge in [-0.3, -0.25) is 14.3 Å². The monoisotopic (exact) mass is 836 g/mol. The number of nitrogens with two attached hydrogens (primary N) is 1. The highest BCUT2D eigenvalue weighted by atomic mass is 32.2. The van der Waals surface area contributed by atoms with Crippen LogP contribution in [0.15, 0.2) is 48.5 Å². The van der Waals surface area contributed by atoms with E-state index in [9.17, 15) is 18.0 Å². The topological polar surface area (TPSA) is 125 Å². The van der Waals surface area contributed by atoms with Gasteiger partial charge in [0.1, 0.15) is 11.5 Å². The van der Waals surface area contributed by atoms with E-state index >= 15 is 0 Å². The second kappa shape index (κ2) is 16.7. The first kappa shape index (κ1) is 46.4. The van der Waals surface area contributed by atoms with Crippen LogP contribution in [0.25, 0.3) is 0 Å². The molecule has 0 aliphatic heterocycles. The quantitative estimate of drug-likeness (QED) is 0.169. The second-order valence-electron chi connectivity index (χ2n) is 21.0. The number of methoxy groups -OCH3 is 2. The smallest absolute Gasteiger partial charge is 0.237 e. The van der Waals surface area contributed by atoms with Crippen LogP contribution in [0.1, 0.15) is 161 Å². The molecule has 0 saturated carbocycles. The van der Waals surface area contributed by atoms with E-state index in [4.69, 9.17) is 15.2 Å². The minimum atomic E-state index is -3.81. The summed E-state index contributed by atoms with van der Waals surface area (Å²) in [5.41, 5.74) is 19.1. The summed E-state index contributed by atoms with van der Waals surface area (Å²) in [6.07, 6.45) is 2.76. The number of nitrogens with one attached hydrogen (secondary N) is 1. The summed E-state index contributed by atoms with van der Waals surface area (Å²) < 4.78 is 39.8. The van der Waals surface area contributed by atoms with E-state index in [2.05, 4.69) is 136 Å². The van der Waals surface area contributed by atoms with Crippen molar-refractivity contribution in [3.8, 4) is 11.5 Å². The van der Waals surface area contributed by atoms with E-state index < -0.39 is 21.8 Å². The fraction of sp³-hybridized carbons (Fsp3) is 0.490. The number of carbonyl (C=O) groups excluding carboxylic acids is 2. The Bertz CT molecular complexity index is 2310. The number of rotatable bonds is 7. The summed E-state index contributed by atoms with van der Waals surface area (Å²) in [6.45, 7) is 26.3. The average Bonchev–Trinajstić information content (AvgIpc) is 3.07. The van der Waals surface area contributed by atoms with Crippen molar-refractivity contribution in [2.24, 2.45) is 5.73 Å². The number of sulfonamides is 1. The van der Waals surface area contributed by atoms with Gasteiger partial charge in [0.15, 0.2) is 0 Å². The maximum atomic E-state index is 13.7. The molecule has 8 bridgehead atoms. The van der Waals surface area contributed by atoms with Gasteiger partial charge in [0.25, 0.3) is 0 Å². The van der Waals surface area contributed by atoms with Crippen LogP contribution in [-0.2, 0) is 79.8 Å². The molecule has 8 nitrogen and oxygen atoms in total. The molecule has 4 aromatic rings. The van der Waals surface area contributed by atoms with Crippen LogP contribution >= 0.6 is 0 Å². The molecule has 0 aromatic heterocycles. The predicted molar refractivity (Wildman–Crippen MR) is 244 cm³/mol. The fourth-order valence-corrected chi connectivity index (χ4v) is 8.85. The van der Waals surface area contributed by atoms with Gasteiger partial charge in [-0.15, -0.1) is 0 Å². The Morgan fingerprint density at radius 2 is 0.767 bits per heavy atom. The zero-order valence-corrected chi connectivity index (χ0v) is 39.6. The lowest BCUT2D eigenvalue weighted by molar-refractivity contribution is -0.119. The number of benzene rings is 4. The highest BCUT2D eigenvalue weighted by Gasteiger charge is 2.29. The van der Waals surface area contributed by atoms with Crippen LogP contribution < -0.4 is 19.9 Å². The Morgan fingerprint density at radius 3 is 0.983 bits per heavy atom. The minimum Gasteiger partial charge on any atom is -0.496 e. The van der Waals surface area contributed by atoms with Crippen LogP contribution in [0, 0.1) is 0 Å². The van der Waals surface area contributed by atoms with Crippen molar-refractivity contribution in [1.82, 2.24) is 4.72 Å². The Balaban J connectivity index is 2.02. The summed E-state index contributed by atoms with van der Waals surface area (Å²) in [5, 5.41) is 0. The van der Waals surface area contributed by atoms with Crippen molar-refractivity contribution in [1.29, 1.82) is 0 Å². The maximum absolute atomic E-state index is 13.7. The Labute approximate surface area is 360 Å². The van der Waals surface area contributed by atoms with Gasteiger partial charge in [-0.05, 0) is 99.5 Å². The summed E-state index contributed by atoms with van der Waals surface area (Å²) in [4.78, 5) is 26.7. The van der Waals surface area contributed by atoms with E-state index in [0.29, 0.717) is 25.7 Å². The third-order valence-electron chi connectivity index (χ3n) is 11.7. The molecule has 0 fully saturated rings. The zero-order valence-electron chi connectivity index (χ0n) is 38.8. The van der Waals surface area contributed by atoms with Crippen molar-refractivity contribution in [2.45, 2.75) is 143 Å². The number of carbonyl (C=O) groups is 2. The fourth-order valence-electron chi connectivity index (χ4n) is 8.37. The first-order chi connectivity index (χ1) is 27.5. The Morgan fingerprint density at radius 1 is 0.517 bits per heavy atom. The standard InChI is InChI=1S/C51H68N2O6S/c1-48(2,3)38-20-30-16-34-24-40(50(7,8)9)26-36(46(34)58-13)18-32-22-39(49(4,5)6)23-33(43(32)29-45(55)53-60(15,56)57)19-37-27-41(51(10,11)12)25-35(47(37)59-14)17-31(21-38)42(30)28-44(52)54/h20-27H,16-19,28-29H2,1-15H3,(H2,52,54)(H,53,55). The highest BCUT2D eigenvalue weighted by molar-refractivity contribution is 7.89. The van der Waals surface area contributed by atoms with Crippen LogP contribution in [0.5, 0.6) is 11.5 Å². The minimum absolute atomic E-state index is 0.0798. The third-order valence-corrected chi connectivity index (χ3v) is 12.3. The lowest BCUT2D eigenvalue weighted by Crippen LogP contribution is -2.31. The van der Waals surface area contributed by atoms with E-state index in [-0.39, 0.29) is 34.5 Å². The van der Waals surface area contributed by atoms with Gasteiger partial charge in [0.05, 0.1) is 33.3 Å². The number of hydrogen-bond donors (Lipinski definition) is 2. The van der Waals surface area contributed by atoms with Gasteiger partial charge in [-0.1, -0.05) is 132 Å². The molecule has 4 aromatic carbocycles. The summed E-state index contributed by atoms with van der Waals surface area (Å²) in [7, 11) is -0.422. The van der Waals surface area contributed by atoms with Gasteiger partial charge < -0.3 is 15.2 Å². The molecule has 60 heavy (non-hydrogen) atoms. The van der Waals surface area contributed by atoms with E-state index in [1.54, 1.807) is 14.2 Å². The van der Waals surface area contributed by atoms with Crippen molar-refractivity contribution in [2.75, 3.05) is 20.5 Å². The maximum Gasteiger partial charge on any atom is 0.237 e. The van der Waals surface area contributed by atoms with E-state index in [1.165, 1.54) is 0 Å². The molecular formula is C51H68N2O6S. The van der Waals surface area contributed by atoms with Crippen LogP contribution in [0.3, 0.4) is 0 Å². The van der Waals surface area contributed by atoms with Gasteiger partial charge in [0.2, 0.25) is 21.8 Å². The molecule has 5 rings (SSSR count). The predicted octanol–water partition coefficient (Wildman–Crippen LogP) is 9.22. The SMILES string of the molecule is COc1c2cc(C(C)(C)C)cc1Cc1cc(C(C)(C)C)cc(c1CC(=O)NS(C)(=O)=O)Cc1cc(C(C)(C)C)cc(c1OC)Cc1cc(C(C)(C)C)cc(c1CC(N)=O)C2. The molecule has 0 heterocycles. The van der Waals surface area contributed by atoms with Crippen LogP contribution in [0.4, 0.5) is 0 Å². The summed E-state index contributed by atoms with van der Waals surface area (Å²) in [5.74, 6) is 0.473. The number of amides is 2. The molecular weight excluding hydrogens is 769 g/mol. The lowest BCUT2D eigenvalue weighted by atomic mass is 9.77. The molecule has 0 saturated heterocycles. The molecule has 0 radical (unpaired) electrons. The van der Waals surface area contributed by atoms with Crippen molar-refractivity contribution in [3.05, 3.63) is 126 Å². The van der Waals surface area contributed by atoms with E-state index in [0.717, 1.165) is 95.6 Å². The normalized spacial score (nSPS) is 13.8. The van der Waals surface area contributed by atoms with Gasteiger partial charge in [0, 0.05) is 25.7 Å². The molecule has 2 amide bonds. The lowest BCUT2D eigenvalue weighted by Gasteiger charge is -2.29. The number of fused-ring (bicyclic) bond motifs is 8. The molecule has 324 valence electrons. The molecule has 0 spiro atoms. The summed E-state index contributed by atoms with van der Waals surface area (Å²) >= 11 is 0. The average molecular weight is 837 g/mol. The molecule has 0 atom stereocenters. The van der Waals surface area contributed by atoms with Gasteiger partial charge >= 0.3 is 0 Å². The van der Waals surface area contributed by atoms with Crippen molar-refractivity contribution < 1.29 is 27.5 Å². The molecule has 1 aliphatic carbocycles. The first-order valence-corrected chi connectivity index (χ1v) is 22.9. The zero-order chi connectivity index (χ0) is 44.9. The number of hydrogen-bond acceptors (Lipinski definition) is 6. The third kappa shape index (κ3) is 10.8. The van der Waals surface area contributed by atoms with E-state index in [1.807, 2.05) is 0 Å². The molecule has 9 heteroatoms. The Hall–Kier alpha value is -4.63.